The van der Waals surface area contributed by atoms with Crippen molar-refractivity contribution >= 4 is 28.8 Å². The van der Waals surface area contributed by atoms with Crippen molar-refractivity contribution in [2.75, 3.05) is 5.32 Å². The third kappa shape index (κ3) is 4.83. The summed E-state index contributed by atoms with van der Waals surface area (Å²) in [5.41, 5.74) is 2.19. The lowest BCUT2D eigenvalue weighted by Gasteiger charge is -2.23. The average molecular weight is 378 g/mol. The number of thiophene rings is 1. The van der Waals surface area contributed by atoms with Crippen LogP contribution < -0.4 is 10.6 Å². The predicted molar refractivity (Wildman–Crippen MR) is 110 cm³/mol. The van der Waals surface area contributed by atoms with Gasteiger partial charge in [-0.25, -0.2) is 0 Å². The summed E-state index contributed by atoms with van der Waals surface area (Å²) < 4.78 is 0. The van der Waals surface area contributed by atoms with Crippen LogP contribution in [0.4, 0.5) is 5.69 Å². The summed E-state index contributed by atoms with van der Waals surface area (Å²) in [4.78, 5) is 25.6. The van der Waals surface area contributed by atoms with E-state index in [2.05, 4.69) is 24.5 Å². The summed E-state index contributed by atoms with van der Waals surface area (Å²) in [5, 5.41) is 7.80. The van der Waals surface area contributed by atoms with Crippen LogP contribution in [0.15, 0.2) is 72.1 Å². The molecule has 1 heterocycles. The largest absolute Gasteiger partial charge is 0.345 e. The molecule has 0 aliphatic carbocycles. The molecule has 0 aliphatic heterocycles. The maximum absolute atomic E-state index is 12.8. The Morgan fingerprint density at radius 3 is 2.33 bits per heavy atom. The van der Waals surface area contributed by atoms with Crippen molar-refractivity contribution in [1.82, 2.24) is 5.32 Å². The second-order valence-electron chi connectivity index (χ2n) is 6.62. The molecule has 0 fully saturated rings. The highest BCUT2D eigenvalue weighted by atomic mass is 32.1. The fraction of sp³-hybridized carbons (Fsp3) is 0.182. The van der Waals surface area contributed by atoms with Crippen molar-refractivity contribution in [3.05, 3.63) is 88.1 Å². The molecule has 3 aromatic rings. The van der Waals surface area contributed by atoms with Gasteiger partial charge in [0.2, 0.25) is 0 Å². The molecule has 2 N–H and O–H groups in total. The fourth-order valence-electron chi connectivity index (χ4n) is 2.86. The number of amides is 2. The van der Waals surface area contributed by atoms with E-state index in [-0.39, 0.29) is 23.8 Å². The SMILES string of the molecule is CC(C)C(NC(=O)c1cccc(NC(=O)c2cccs2)c1)c1ccccc1. The molecule has 0 spiro atoms. The number of hydrogen-bond acceptors (Lipinski definition) is 3. The Kier molecular flexibility index (Phi) is 6.04. The zero-order valence-electron chi connectivity index (χ0n) is 15.3. The van der Waals surface area contributed by atoms with E-state index in [0.717, 1.165) is 5.56 Å². The van der Waals surface area contributed by atoms with Gasteiger partial charge in [-0.05, 0) is 41.1 Å². The molecule has 0 saturated heterocycles. The second-order valence-corrected chi connectivity index (χ2v) is 7.57. The Bertz CT molecular complexity index is 905. The Labute approximate surface area is 163 Å². The summed E-state index contributed by atoms with van der Waals surface area (Å²) in [5.74, 6) is -0.0882. The van der Waals surface area contributed by atoms with Gasteiger partial charge in [0.05, 0.1) is 10.9 Å². The van der Waals surface area contributed by atoms with Gasteiger partial charge in [0.1, 0.15) is 0 Å². The van der Waals surface area contributed by atoms with Crippen molar-refractivity contribution in [1.29, 1.82) is 0 Å². The van der Waals surface area contributed by atoms with E-state index in [9.17, 15) is 9.59 Å². The molecule has 27 heavy (non-hydrogen) atoms. The number of rotatable bonds is 6. The van der Waals surface area contributed by atoms with Crippen LogP contribution in [-0.4, -0.2) is 11.8 Å². The summed E-state index contributed by atoms with van der Waals surface area (Å²) >= 11 is 1.38. The minimum Gasteiger partial charge on any atom is -0.345 e. The first-order valence-corrected chi connectivity index (χ1v) is 9.73. The molecule has 0 saturated carbocycles. The molecule has 5 heteroatoms. The predicted octanol–water partition coefficient (Wildman–Crippen LogP) is 5.13. The van der Waals surface area contributed by atoms with Crippen LogP contribution in [0.3, 0.4) is 0 Å². The van der Waals surface area contributed by atoms with Gasteiger partial charge >= 0.3 is 0 Å². The van der Waals surface area contributed by atoms with Crippen LogP contribution in [0.25, 0.3) is 0 Å². The molecular weight excluding hydrogens is 356 g/mol. The Balaban J connectivity index is 1.74. The van der Waals surface area contributed by atoms with Crippen molar-refractivity contribution in [2.24, 2.45) is 5.92 Å². The topological polar surface area (TPSA) is 58.2 Å². The van der Waals surface area contributed by atoms with Crippen LogP contribution in [0.5, 0.6) is 0 Å². The average Bonchev–Trinajstić information content (AvgIpc) is 3.21. The van der Waals surface area contributed by atoms with Crippen LogP contribution >= 0.6 is 11.3 Å². The number of anilines is 1. The highest BCUT2D eigenvalue weighted by Gasteiger charge is 2.19. The van der Waals surface area contributed by atoms with E-state index in [1.54, 1.807) is 30.3 Å². The zero-order chi connectivity index (χ0) is 19.2. The summed E-state index contributed by atoms with van der Waals surface area (Å²) in [6.45, 7) is 4.16. The van der Waals surface area contributed by atoms with Crippen LogP contribution in [0.1, 0.15) is 45.5 Å². The lowest BCUT2D eigenvalue weighted by atomic mass is 9.95. The fourth-order valence-corrected chi connectivity index (χ4v) is 3.48. The normalized spacial score (nSPS) is 11.8. The lowest BCUT2D eigenvalue weighted by Crippen LogP contribution is -2.31. The number of nitrogens with one attached hydrogen (secondary N) is 2. The molecule has 4 nitrogen and oxygen atoms in total. The first-order valence-electron chi connectivity index (χ1n) is 8.85. The number of hydrogen-bond donors (Lipinski definition) is 2. The third-order valence-electron chi connectivity index (χ3n) is 4.24. The van der Waals surface area contributed by atoms with E-state index in [0.29, 0.717) is 16.1 Å². The van der Waals surface area contributed by atoms with E-state index >= 15 is 0 Å². The van der Waals surface area contributed by atoms with Gasteiger partial charge in [-0.3, -0.25) is 9.59 Å². The zero-order valence-corrected chi connectivity index (χ0v) is 16.1. The molecule has 138 valence electrons. The van der Waals surface area contributed by atoms with Crippen molar-refractivity contribution in [2.45, 2.75) is 19.9 Å². The van der Waals surface area contributed by atoms with Gasteiger partial charge in [-0.1, -0.05) is 56.3 Å². The minimum absolute atomic E-state index is 0.0805. The molecular formula is C22H22N2O2S. The highest BCUT2D eigenvalue weighted by Crippen LogP contribution is 2.22. The Hall–Kier alpha value is -2.92. The molecule has 2 aromatic carbocycles. The van der Waals surface area contributed by atoms with Gasteiger partial charge in [0, 0.05) is 11.3 Å². The van der Waals surface area contributed by atoms with Gasteiger partial charge in [-0.2, -0.15) is 0 Å². The van der Waals surface area contributed by atoms with Crippen LogP contribution in [-0.2, 0) is 0 Å². The standard InChI is InChI=1S/C22H22N2O2S/c1-15(2)20(16-8-4-3-5-9-16)24-21(25)17-10-6-11-18(14-17)23-22(26)19-12-7-13-27-19/h3-15,20H,1-2H3,(H,23,26)(H,24,25). The molecule has 1 aromatic heterocycles. The van der Waals surface area contributed by atoms with Gasteiger partial charge < -0.3 is 10.6 Å². The molecule has 0 aliphatic rings. The molecule has 1 unspecified atom stereocenters. The number of benzene rings is 2. The first-order chi connectivity index (χ1) is 13.0. The van der Waals surface area contributed by atoms with E-state index in [1.165, 1.54) is 11.3 Å². The Morgan fingerprint density at radius 1 is 0.889 bits per heavy atom. The maximum atomic E-state index is 12.8. The van der Waals surface area contributed by atoms with Crippen molar-refractivity contribution in [3.63, 3.8) is 0 Å². The lowest BCUT2D eigenvalue weighted by molar-refractivity contribution is 0.0924. The van der Waals surface area contributed by atoms with E-state index < -0.39 is 0 Å². The molecule has 2 amide bonds. The molecule has 0 radical (unpaired) electrons. The van der Waals surface area contributed by atoms with Gasteiger partial charge in [0.25, 0.3) is 11.8 Å². The highest BCUT2D eigenvalue weighted by molar-refractivity contribution is 7.12. The summed E-state index contributed by atoms with van der Waals surface area (Å²) in [6, 6.07) is 20.4. The van der Waals surface area contributed by atoms with Gasteiger partial charge in [0.15, 0.2) is 0 Å². The summed E-state index contributed by atoms with van der Waals surface area (Å²) in [7, 11) is 0. The minimum atomic E-state index is -0.174. The van der Waals surface area contributed by atoms with Crippen LogP contribution in [0.2, 0.25) is 0 Å². The summed E-state index contributed by atoms with van der Waals surface area (Å²) in [6.07, 6.45) is 0. The smallest absolute Gasteiger partial charge is 0.265 e. The van der Waals surface area contributed by atoms with Gasteiger partial charge in [-0.15, -0.1) is 11.3 Å². The van der Waals surface area contributed by atoms with E-state index in [1.807, 2.05) is 41.8 Å². The first kappa shape index (κ1) is 18.9. The van der Waals surface area contributed by atoms with Crippen molar-refractivity contribution < 1.29 is 9.59 Å². The van der Waals surface area contributed by atoms with Crippen LogP contribution in [0, 0.1) is 5.92 Å². The monoisotopic (exact) mass is 378 g/mol. The molecule has 0 bridgehead atoms. The Morgan fingerprint density at radius 2 is 1.67 bits per heavy atom. The second kappa shape index (κ2) is 8.64. The third-order valence-corrected chi connectivity index (χ3v) is 5.11. The van der Waals surface area contributed by atoms with E-state index in [4.69, 9.17) is 0 Å². The molecule has 1 atom stereocenters. The number of carbonyl (C=O) groups is 2. The quantitative estimate of drug-likeness (QED) is 0.625. The number of carbonyl (C=O) groups excluding carboxylic acids is 2. The molecule has 3 rings (SSSR count). The van der Waals surface area contributed by atoms with Crippen molar-refractivity contribution in [3.8, 4) is 0 Å². The maximum Gasteiger partial charge on any atom is 0.265 e.